The summed E-state index contributed by atoms with van der Waals surface area (Å²) < 4.78 is 5.37. The first kappa shape index (κ1) is 22.2. The zero-order chi connectivity index (χ0) is 21.6. The Morgan fingerprint density at radius 1 is 1.14 bits per heavy atom. The van der Waals surface area contributed by atoms with E-state index in [1.807, 2.05) is 44.2 Å². The number of anilines is 1. The highest BCUT2D eigenvalue weighted by Gasteiger charge is 2.21. The number of nitro groups is 1. The van der Waals surface area contributed by atoms with Gasteiger partial charge in [-0.05, 0) is 63.8 Å². The Hall–Kier alpha value is -3.09. The van der Waals surface area contributed by atoms with Crippen molar-refractivity contribution in [2.75, 3.05) is 11.9 Å². The first-order chi connectivity index (χ1) is 13.5. The van der Waals surface area contributed by atoms with Crippen LogP contribution in [0, 0.1) is 24.0 Å². The molecule has 0 heterocycles. The van der Waals surface area contributed by atoms with Gasteiger partial charge in [-0.2, -0.15) is 0 Å². The van der Waals surface area contributed by atoms with Gasteiger partial charge in [0, 0.05) is 12.6 Å². The van der Waals surface area contributed by atoms with Crippen LogP contribution in [0.1, 0.15) is 37.5 Å². The highest BCUT2D eigenvalue weighted by atomic mass is 16.6. The fourth-order valence-electron chi connectivity index (χ4n) is 2.87. The molecular weight excluding hydrogens is 370 g/mol. The van der Waals surface area contributed by atoms with Crippen molar-refractivity contribution in [3.63, 3.8) is 0 Å². The largest absolute Gasteiger partial charge is 0.444 e. The molecule has 0 aliphatic heterocycles. The Balaban J connectivity index is 2.18. The van der Waals surface area contributed by atoms with E-state index in [9.17, 15) is 14.9 Å². The number of nitrogens with zero attached hydrogens (tertiary/aromatic N) is 1. The molecule has 0 aromatic heterocycles. The maximum absolute atomic E-state index is 12.3. The molecule has 0 aliphatic rings. The molecule has 2 aromatic carbocycles. The van der Waals surface area contributed by atoms with Crippen LogP contribution in [0.3, 0.4) is 0 Å². The molecule has 0 fully saturated rings. The van der Waals surface area contributed by atoms with Crippen LogP contribution in [0.4, 0.5) is 16.2 Å². The molecule has 1 unspecified atom stereocenters. The Bertz CT molecular complexity index is 860. The van der Waals surface area contributed by atoms with Gasteiger partial charge in [-0.1, -0.05) is 30.3 Å². The topological polar surface area (TPSA) is 93.5 Å². The van der Waals surface area contributed by atoms with Crippen LogP contribution in [0.5, 0.6) is 0 Å². The van der Waals surface area contributed by atoms with E-state index < -0.39 is 16.6 Å². The summed E-state index contributed by atoms with van der Waals surface area (Å²) >= 11 is 0. The molecule has 29 heavy (non-hydrogen) atoms. The first-order valence-electron chi connectivity index (χ1n) is 9.58. The third-order valence-electron chi connectivity index (χ3n) is 4.39. The van der Waals surface area contributed by atoms with E-state index in [0.29, 0.717) is 18.7 Å². The Labute approximate surface area is 171 Å². The summed E-state index contributed by atoms with van der Waals surface area (Å²) in [5, 5.41) is 17.4. The van der Waals surface area contributed by atoms with E-state index in [1.54, 1.807) is 32.9 Å². The second kappa shape index (κ2) is 9.41. The van der Waals surface area contributed by atoms with E-state index in [-0.39, 0.29) is 11.7 Å². The zero-order valence-corrected chi connectivity index (χ0v) is 17.6. The minimum atomic E-state index is -0.609. The van der Waals surface area contributed by atoms with Crippen molar-refractivity contribution in [3.8, 4) is 0 Å². The molecule has 156 valence electrons. The summed E-state index contributed by atoms with van der Waals surface area (Å²) in [5.41, 5.74) is 2.70. The van der Waals surface area contributed by atoms with E-state index in [4.69, 9.17) is 4.74 Å². The molecule has 1 atom stereocenters. The molecule has 7 heteroatoms. The van der Waals surface area contributed by atoms with Gasteiger partial charge >= 0.3 is 6.09 Å². The number of benzene rings is 2. The molecule has 2 N–H and O–H groups in total. The molecule has 0 bridgehead atoms. The molecule has 0 saturated carbocycles. The third kappa shape index (κ3) is 7.10. The van der Waals surface area contributed by atoms with Gasteiger partial charge in [-0.3, -0.25) is 10.1 Å². The van der Waals surface area contributed by atoms with E-state index in [2.05, 4.69) is 10.6 Å². The predicted molar refractivity (Wildman–Crippen MR) is 114 cm³/mol. The quantitative estimate of drug-likeness (QED) is 0.517. The summed E-state index contributed by atoms with van der Waals surface area (Å²) in [7, 11) is 0. The van der Waals surface area contributed by atoms with Gasteiger partial charge in [0.1, 0.15) is 11.3 Å². The second-order valence-corrected chi connectivity index (χ2v) is 8.12. The Kier molecular flexibility index (Phi) is 7.20. The number of hydrogen-bond donors (Lipinski definition) is 2. The Morgan fingerprint density at radius 3 is 2.34 bits per heavy atom. The van der Waals surface area contributed by atoms with Gasteiger partial charge in [-0.15, -0.1) is 0 Å². The van der Waals surface area contributed by atoms with Crippen molar-refractivity contribution < 1.29 is 14.5 Å². The number of carbonyl (C=O) groups is 1. The number of amides is 1. The molecule has 2 aromatic rings. The van der Waals surface area contributed by atoms with Crippen LogP contribution < -0.4 is 10.6 Å². The normalized spacial score (nSPS) is 12.2. The minimum Gasteiger partial charge on any atom is -0.444 e. The molecule has 2 rings (SSSR count). The molecule has 7 nitrogen and oxygen atoms in total. The van der Waals surface area contributed by atoms with Gasteiger partial charge in [0.15, 0.2) is 0 Å². The van der Waals surface area contributed by atoms with Crippen LogP contribution >= 0.6 is 0 Å². The average Bonchev–Trinajstić information content (AvgIpc) is 2.61. The fraction of sp³-hybridized carbons (Fsp3) is 0.409. The average molecular weight is 399 g/mol. The first-order valence-corrected chi connectivity index (χ1v) is 9.58. The van der Waals surface area contributed by atoms with Gasteiger partial charge in [0.05, 0.1) is 11.0 Å². The predicted octanol–water partition coefficient (Wildman–Crippen LogP) is 4.76. The highest BCUT2D eigenvalue weighted by molar-refractivity contribution is 5.68. The van der Waals surface area contributed by atoms with Gasteiger partial charge in [-0.25, -0.2) is 4.79 Å². The smallest absolute Gasteiger partial charge is 0.407 e. The monoisotopic (exact) mass is 399 g/mol. The molecule has 0 saturated heterocycles. The lowest BCUT2D eigenvalue weighted by Gasteiger charge is -2.24. The third-order valence-corrected chi connectivity index (χ3v) is 4.39. The lowest BCUT2D eigenvalue weighted by molar-refractivity contribution is -0.384. The molecular formula is C22H29N3O4. The van der Waals surface area contributed by atoms with Gasteiger partial charge < -0.3 is 15.4 Å². The van der Waals surface area contributed by atoms with Crippen LogP contribution in [-0.2, 0) is 11.2 Å². The number of alkyl carbamates (subject to hydrolysis) is 1. The number of hydrogen-bond acceptors (Lipinski definition) is 5. The summed E-state index contributed by atoms with van der Waals surface area (Å²) in [6, 6.07) is 12.8. The van der Waals surface area contributed by atoms with Crippen molar-refractivity contribution >= 4 is 17.5 Å². The maximum atomic E-state index is 12.3. The van der Waals surface area contributed by atoms with E-state index in [1.165, 1.54) is 0 Å². The van der Waals surface area contributed by atoms with E-state index >= 15 is 0 Å². The minimum absolute atomic E-state index is 0.0174. The number of carbonyl (C=O) groups excluding carboxylic acids is 1. The van der Waals surface area contributed by atoms with Crippen LogP contribution in [-0.4, -0.2) is 29.2 Å². The number of aryl methyl sites for hydroxylation is 2. The number of ether oxygens (including phenoxy) is 1. The number of rotatable bonds is 7. The number of nitro benzene ring substituents is 1. The van der Waals surface area contributed by atoms with E-state index in [0.717, 1.165) is 16.7 Å². The van der Waals surface area contributed by atoms with Crippen LogP contribution in [0.15, 0.2) is 42.5 Å². The summed E-state index contributed by atoms with van der Waals surface area (Å²) in [4.78, 5) is 23.3. The van der Waals surface area contributed by atoms with Crippen molar-refractivity contribution in [1.82, 2.24) is 5.32 Å². The SMILES string of the molecule is Cc1cc(NCC(Cc2ccccc2)NC(=O)OC(C)(C)C)c([N+](=O)[O-])cc1C. The maximum Gasteiger partial charge on any atom is 0.407 e. The van der Waals surface area contributed by atoms with Gasteiger partial charge in [0.25, 0.3) is 5.69 Å². The standard InChI is InChI=1S/C22H29N3O4/c1-15-11-19(20(25(27)28)12-16(15)2)23-14-18(13-17-9-7-6-8-10-17)24-21(26)29-22(3,4)5/h6-12,18,23H,13-14H2,1-5H3,(H,24,26). The summed E-state index contributed by atoms with van der Waals surface area (Å²) in [5.74, 6) is 0. The van der Waals surface area contributed by atoms with Crippen molar-refractivity contribution in [2.24, 2.45) is 0 Å². The van der Waals surface area contributed by atoms with Crippen molar-refractivity contribution in [1.29, 1.82) is 0 Å². The lowest BCUT2D eigenvalue weighted by Crippen LogP contribution is -2.43. The van der Waals surface area contributed by atoms with Crippen molar-refractivity contribution in [2.45, 2.75) is 52.7 Å². The fourth-order valence-corrected chi connectivity index (χ4v) is 2.87. The number of nitrogens with one attached hydrogen (secondary N) is 2. The highest BCUT2D eigenvalue weighted by Crippen LogP contribution is 2.28. The Morgan fingerprint density at radius 2 is 1.76 bits per heavy atom. The second-order valence-electron chi connectivity index (χ2n) is 8.12. The van der Waals surface area contributed by atoms with Crippen LogP contribution in [0.25, 0.3) is 0 Å². The van der Waals surface area contributed by atoms with Gasteiger partial charge in [0.2, 0.25) is 0 Å². The summed E-state index contributed by atoms with van der Waals surface area (Å²) in [6.45, 7) is 9.47. The molecule has 0 radical (unpaired) electrons. The lowest BCUT2D eigenvalue weighted by atomic mass is 10.0. The molecule has 1 amide bonds. The summed E-state index contributed by atoms with van der Waals surface area (Å²) in [6.07, 6.45) is 0.0425. The molecule has 0 aliphatic carbocycles. The molecule has 0 spiro atoms. The van der Waals surface area contributed by atoms with Crippen LogP contribution in [0.2, 0.25) is 0 Å². The zero-order valence-electron chi connectivity index (χ0n) is 17.6. The van der Waals surface area contributed by atoms with Crippen molar-refractivity contribution in [3.05, 3.63) is 69.3 Å².